The third kappa shape index (κ3) is 5.39. The average Bonchev–Trinajstić information content (AvgIpc) is 3.27. The van der Waals surface area contributed by atoms with Gasteiger partial charge >= 0.3 is 5.97 Å². The van der Waals surface area contributed by atoms with Crippen LogP contribution in [0.5, 0.6) is 11.5 Å². The van der Waals surface area contributed by atoms with Crippen molar-refractivity contribution in [2.45, 2.75) is 18.4 Å². The zero-order valence-electron chi connectivity index (χ0n) is 17.5. The minimum atomic E-state index is -3.72. The van der Waals surface area contributed by atoms with Crippen molar-refractivity contribution >= 4 is 38.9 Å². The molecule has 0 bridgehead atoms. The van der Waals surface area contributed by atoms with Crippen LogP contribution in [-0.2, 0) is 21.4 Å². The SMILES string of the molecule is CCOc1ccc(-c2nc(COC(=O)c3cc(S(=O)(=O)NC)ccc3Cl)cs2)cc1OC. The number of carbonyl (C=O) groups is 1. The summed E-state index contributed by atoms with van der Waals surface area (Å²) < 4.78 is 42.3. The molecule has 0 saturated carbocycles. The lowest BCUT2D eigenvalue weighted by Gasteiger charge is -2.10. The Hall–Kier alpha value is -2.66. The van der Waals surface area contributed by atoms with E-state index in [0.717, 1.165) is 10.6 Å². The Morgan fingerprint density at radius 3 is 2.66 bits per heavy atom. The van der Waals surface area contributed by atoms with Crippen molar-refractivity contribution in [2.75, 3.05) is 20.8 Å². The highest BCUT2D eigenvalue weighted by atomic mass is 35.5. The average molecular weight is 497 g/mol. The number of aromatic nitrogens is 1. The maximum atomic E-state index is 12.5. The van der Waals surface area contributed by atoms with Crippen molar-refractivity contribution in [3.63, 3.8) is 0 Å². The number of nitrogens with zero attached hydrogens (tertiary/aromatic N) is 1. The number of methoxy groups -OCH3 is 1. The standard InChI is InChI=1S/C21H21ClN2O6S2/c1-4-29-18-8-5-13(9-19(18)28-3)20-24-14(12-31-20)11-30-21(25)16-10-15(6-7-17(16)22)32(26,27)23-2/h5-10,12,23H,4,11H2,1-3H3. The first-order valence-electron chi connectivity index (χ1n) is 9.45. The molecule has 0 aliphatic rings. The fourth-order valence-corrected chi connectivity index (χ4v) is 4.50. The van der Waals surface area contributed by atoms with Crippen LogP contribution in [0, 0.1) is 0 Å². The van der Waals surface area contributed by atoms with Crippen LogP contribution in [0.1, 0.15) is 23.0 Å². The Morgan fingerprint density at radius 2 is 1.97 bits per heavy atom. The van der Waals surface area contributed by atoms with Gasteiger partial charge in [-0.15, -0.1) is 11.3 Å². The molecule has 0 aliphatic heterocycles. The van der Waals surface area contributed by atoms with E-state index < -0.39 is 16.0 Å². The van der Waals surface area contributed by atoms with E-state index in [1.54, 1.807) is 12.5 Å². The lowest BCUT2D eigenvalue weighted by molar-refractivity contribution is 0.0468. The Bertz CT molecular complexity index is 1230. The molecule has 3 rings (SSSR count). The minimum absolute atomic E-state index is 0.0466. The van der Waals surface area contributed by atoms with E-state index in [1.165, 1.54) is 36.6 Å². The number of benzene rings is 2. The van der Waals surface area contributed by atoms with Crippen molar-refractivity contribution in [2.24, 2.45) is 0 Å². The first-order chi connectivity index (χ1) is 15.3. The molecule has 1 aromatic heterocycles. The normalized spacial score (nSPS) is 11.2. The number of ether oxygens (including phenoxy) is 3. The van der Waals surface area contributed by atoms with E-state index >= 15 is 0 Å². The maximum Gasteiger partial charge on any atom is 0.340 e. The van der Waals surface area contributed by atoms with Crippen LogP contribution in [-0.4, -0.2) is 40.1 Å². The summed E-state index contributed by atoms with van der Waals surface area (Å²) in [6.45, 7) is 2.32. The molecule has 1 heterocycles. The van der Waals surface area contributed by atoms with Gasteiger partial charge in [-0.2, -0.15) is 0 Å². The van der Waals surface area contributed by atoms with E-state index in [0.29, 0.717) is 23.8 Å². The molecule has 0 saturated heterocycles. The summed E-state index contributed by atoms with van der Waals surface area (Å²) in [6, 6.07) is 9.33. The monoisotopic (exact) mass is 496 g/mol. The number of sulfonamides is 1. The van der Waals surface area contributed by atoms with Gasteiger partial charge in [0.25, 0.3) is 0 Å². The van der Waals surface area contributed by atoms with Crippen LogP contribution in [0.25, 0.3) is 10.6 Å². The van der Waals surface area contributed by atoms with Crippen LogP contribution < -0.4 is 14.2 Å². The quantitative estimate of drug-likeness (QED) is 0.444. The summed E-state index contributed by atoms with van der Waals surface area (Å²) in [7, 11) is -0.879. The number of thiazole rings is 1. The molecule has 3 aromatic rings. The van der Waals surface area contributed by atoms with Gasteiger partial charge in [0, 0.05) is 10.9 Å². The fourth-order valence-electron chi connectivity index (χ4n) is 2.74. The van der Waals surface area contributed by atoms with Gasteiger partial charge in [-0.1, -0.05) is 11.6 Å². The number of esters is 1. The predicted octanol–water partition coefficient (Wildman–Crippen LogP) is 4.14. The molecule has 0 fully saturated rings. The molecule has 1 N–H and O–H groups in total. The zero-order chi connectivity index (χ0) is 23.3. The van der Waals surface area contributed by atoms with Gasteiger partial charge in [0.2, 0.25) is 10.0 Å². The van der Waals surface area contributed by atoms with Gasteiger partial charge in [0.15, 0.2) is 11.5 Å². The van der Waals surface area contributed by atoms with Crippen molar-refractivity contribution in [1.29, 1.82) is 0 Å². The Morgan fingerprint density at radius 1 is 1.19 bits per heavy atom. The maximum absolute atomic E-state index is 12.5. The van der Waals surface area contributed by atoms with E-state index in [-0.39, 0.29) is 22.1 Å². The second-order valence-corrected chi connectivity index (χ2v) is 9.52. The number of hydrogen-bond donors (Lipinski definition) is 1. The highest BCUT2D eigenvalue weighted by Gasteiger charge is 2.19. The molecule has 8 nitrogen and oxygen atoms in total. The first kappa shape index (κ1) is 24.0. The van der Waals surface area contributed by atoms with Gasteiger partial charge < -0.3 is 14.2 Å². The number of carbonyl (C=O) groups excluding carboxylic acids is 1. The number of rotatable bonds is 9. The first-order valence-corrected chi connectivity index (χ1v) is 12.2. The molecule has 0 spiro atoms. The summed E-state index contributed by atoms with van der Waals surface area (Å²) in [5.74, 6) is 0.489. The smallest absolute Gasteiger partial charge is 0.340 e. The molecule has 0 radical (unpaired) electrons. The van der Waals surface area contributed by atoms with Gasteiger partial charge in [0.05, 0.1) is 34.9 Å². The summed E-state index contributed by atoms with van der Waals surface area (Å²) >= 11 is 7.45. The Balaban J connectivity index is 1.73. The highest BCUT2D eigenvalue weighted by molar-refractivity contribution is 7.89. The molecule has 2 aromatic carbocycles. The van der Waals surface area contributed by atoms with Crippen LogP contribution in [0.3, 0.4) is 0 Å². The van der Waals surface area contributed by atoms with E-state index in [1.807, 2.05) is 25.1 Å². The number of nitrogens with one attached hydrogen (secondary N) is 1. The third-order valence-corrected chi connectivity index (χ3v) is 7.03. The topological polar surface area (TPSA) is 104 Å². The van der Waals surface area contributed by atoms with E-state index in [2.05, 4.69) is 9.71 Å². The van der Waals surface area contributed by atoms with Gasteiger partial charge in [-0.3, -0.25) is 0 Å². The fraction of sp³-hybridized carbons (Fsp3) is 0.238. The number of halogens is 1. The van der Waals surface area contributed by atoms with Crippen molar-refractivity contribution in [1.82, 2.24) is 9.71 Å². The Labute approximate surface area is 195 Å². The molecular formula is C21H21ClN2O6S2. The van der Waals surface area contributed by atoms with Crippen LogP contribution in [0.15, 0.2) is 46.7 Å². The lowest BCUT2D eigenvalue weighted by Crippen LogP contribution is -2.19. The molecule has 0 atom stereocenters. The summed E-state index contributed by atoms with van der Waals surface area (Å²) in [5.41, 5.74) is 1.33. The second kappa shape index (κ2) is 10.3. The summed E-state index contributed by atoms with van der Waals surface area (Å²) in [5, 5.41) is 2.58. The van der Waals surface area contributed by atoms with Crippen molar-refractivity contribution in [3.8, 4) is 22.1 Å². The van der Waals surface area contributed by atoms with Crippen LogP contribution in [0.4, 0.5) is 0 Å². The summed E-state index contributed by atoms with van der Waals surface area (Å²) in [4.78, 5) is 16.9. The molecule has 0 unspecified atom stereocenters. The molecule has 11 heteroatoms. The van der Waals surface area contributed by atoms with E-state index in [4.69, 9.17) is 25.8 Å². The minimum Gasteiger partial charge on any atom is -0.493 e. The van der Waals surface area contributed by atoms with Crippen LogP contribution >= 0.6 is 22.9 Å². The predicted molar refractivity (Wildman–Crippen MR) is 122 cm³/mol. The van der Waals surface area contributed by atoms with Gasteiger partial charge in [0.1, 0.15) is 11.6 Å². The Kier molecular flexibility index (Phi) is 7.73. The number of hydrogen-bond acceptors (Lipinski definition) is 8. The highest BCUT2D eigenvalue weighted by Crippen LogP contribution is 2.34. The van der Waals surface area contributed by atoms with Gasteiger partial charge in [-0.25, -0.2) is 22.9 Å². The molecular weight excluding hydrogens is 476 g/mol. The van der Waals surface area contributed by atoms with Crippen molar-refractivity contribution in [3.05, 3.63) is 58.1 Å². The molecule has 0 aliphatic carbocycles. The van der Waals surface area contributed by atoms with Crippen molar-refractivity contribution < 1.29 is 27.4 Å². The van der Waals surface area contributed by atoms with E-state index in [9.17, 15) is 13.2 Å². The molecule has 32 heavy (non-hydrogen) atoms. The van der Waals surface area contributed by atoms with Gasteiger partial charge in [-0.05, 0) is 50.4 Å². The zero-order valence-corrected chi connectivity index (χ0v) is 19.9. The van der Waals surface area contributed by atoms with Crippen LogP contribution in [0.2, 0.25) is 5.02 Å². The molecule has 0 amide bonds. The third-order valence-electron chi connectivity index (χ3n) is 4.35. The largest absolute Gasteiger partial charge is 0.493 e. The second-order valence-electron chi connectivity index (χ2n) is 6.37. The summed E-state index contributed by atoms with van der Waals surface area (Å²) in [6.07, 6.45) is 0. The lowest BCUT2D eigenvalue weighted by atomic mass is 10.2. The molecule has 170 valence electrons.